The normalized spacial score (nSPS) is 34.9. The summed E-state index contributed by atoms with van der Waals surface area (Å²) < 4.78 is 25.1. The van der Waals surface area contributed by atoms with Crippen molar-refractivity contribution in [2.75, 3.05) is 74.6 Å². The van der Waals surface area contributed by atoms with Crippen LogP contribution in [0.25, 0.3) is 0 Å². The SMILES string of the molecule is CO[C@]1(C)C[C@@H](C)CN(C)C(C2CN(C(=O)CC(C)(C)CN(C)CC(C)C)C2)COC(=O)C(C)(C)C(=O)[C@H](C)[C@H]1O[C@@H]1O[C@H](C)C[C@H](N(C)C)[C@H]1O. The first-order chi connectivity index (χ1) is 23.9. The van der Waals surface area contributed by atoms with Crippen LogP contribution in [0.5, 0.6) is 0 Å². The number of methoxy groups -OCH3 is 1. The number of likely N-dealkylation sites (tertiary alicyclic amines) is 1. The van der Waals surface area contributed by atoms with E-state index in [1.54, 1.807) is 27.9 Å². The van der Waals surface area contributed by atoms with Crippen molar-refractivity contribution >= 4 is 17.7 Å². The number of aliphatic hydroxyl groups is 1. The maximum absolute atomic E-state index is 14.3. The van der Waals surface area contributed by atoms with Gasteiger partial charge >= 0.3 is 5.97 Å². The van der Waals surface area contributed by atoms with Crippen LogP contribution in [-0.2, 0) is 33.3 Å². The zero-order valence-electron chi connectivity index (χ0n) is 35.2. The zero-order valence-corrected chi connectivity index (χ0v) is 35.2. The Morgan fingerprint density at radius 2 is 1.69 bits per heavy atom. The van der Waals surface area contributed by atoms with Crippen molar-refractivity contribution in [2.24, 2.45) is 34.5 Å². The molecule has 3 rings (SSSR count). The molecule has 3 aliphatic rings. The molecule has 0 saturated carbocycles. The van der Waals surface area contributed by atoms with E-state index in [0.717, 1.165) is 13.1 Å². The molecule has 3 fully saturated rings. The minimum atomic E-state index is -1.47. The van der Waals surface area contributed by atoms with Crippen molar-refractivity contribution in [1.82, 2.24) is 19.6 Å². The van der Waals surface area contributed by atoms with Gasteiger partial charge in [-0.3, -0.25) is 19.3 Å². The lowest BCUT2D eigenvalue weighted by Crippen LogP contribution is -2.60. The molecule has 52 heavy (non-hydrogen) atoms. The van der Waals surface area contributed by atoms with E-state index in [0.29, 0.717) is 44.8 Å². The van der Waals surface area contributed by atoms with Crippen molar-refractivity contribution in [3.63, 3.8) is 0 Å². The molecule has 3 heterocycles. The summed E-state index contributed by atoms with van der Waals surface area (Å²) in [6.45, 7) is 23.6. The molecule has 1 N–H and O–H groups in total. The molecule has 0 bridgehead atoms. The summed E-state index contributed by atoms with van der Waals surface area (Å²) in [6.07, 6.45) is -1.30. The van der Waals surface area contributed by atoms with Crippen LogP contribution >= 0.6 is 0 Å². The van der Waals surface area contributed by atoms with Crippen molar-refractivity contribution in [3.05, 3.63) is 0 Å². The van der Waals surface area contributed by atoms with E-state index in [1.165, 1.54) is 0 Å². The number of hydrogen-bond donors (Lipinski definition) is 1. The zero-order chi connectivity index (χ0) is 39.5. The second-order valence-corrected chi connectivity index (χ2v) is 18.8. The van der Waals surface area contributed by atoms with Crippen LogP contribution in [0.4, 0.5) is 0 Å². The smallest absolute Gasteiger partial charge is 0.319 e. The number of Topliss-reactive ketones (excluding diaryl/α,β-unsaturated/α-hetero) is 1. The Morgan fingerprint density at radius 1 is 1.08 bits per heavy atom. The van der Waals surface area contributed by atoms with E-state index >= 15 is 0 Å². The first kappa shape index (κ1) is 44.7. The standard InChI is InChI=1S/C40H74N4O8/c1-25(2)19-42(13)24-38(6,7)18-32(45)44-21-29(22-44)31-23-50-37(48)39(8,9)34(47)28(5)35(40(10,49-15)17-26(3)20-43(31)14)52-36-33(46)30(41(11)12)16-27(4)51-36/h25-31,33,35-36,46H,16-24H2,1-15H3/t26-,27-,28+,30+,31?,33-,35-,36+,40-/m1/s1. The number of nitrogens with zero attached hydrogens (tertiary/aromatic N) is 4. The van der Waals surface area contributed by atoms with Crippen LogP contribution in [0.2, 0.25) is 0 Å². The fourth-order valence-corrected chi connectivity index (χ4v) is 9.02. The molecule has 9 atom stereocenters. The second-order valence-electron chi connectivity index (χ2n) is 18.8. The van der Waals surface area contributed by atoms with Crippen LogP contribution < -0.4 is 0 Å². The summed E-state index contributed by atoms with van der Waals surface area (Å²) in [4.78, 5) is 50.0. The molecule has 12 nitrogen and oxygen atoms in total. The average Bonchev–Trinajstić information content (AvgIpc) is 2.99. The van der Waals surface area contributed by atoms with E-state index < -0.39 is 41.4 Å². The minimum Gasteiger partial charge on any atom is -0.463 e. The number of hydrogen-bond acceptors (Lipinski definition) is 11. The molecule has 3 saturated heterocycles. The first-order valence-corrected chi connectivity index (χ1v) is 19.5. The van der Waals surface area contributed by atoms with Crippen molar-refractivity contribution in [1.29, 1.82) is 0 Å². The first-order valence-electron chi connectivity index (χ1n) is 19.5. The lowest BCUT2D eigenvalue weighted by atomic mass is 9.74. The number of carbonyl (C=O) groups excluding carboxylic acids is 3. The Labute approximate surface area is 315 Å². The third-order valence-corrected chi connectivity index (χ3v) is 11.7. The highest BCUT2D eigenvalue weighted by Crippen LogP contribution is 2.39. The number of aliphatic hydroxyl groups excluding tert-OH is 1. The van der Waals surface area contributed by atoms with Gasteiger partial charge in [0.25, 0.3) is 0 Å². The molecule has 302 valence electrons. The fourth-order valence-electron chi connectivity index (χ4n) is 9.02. The number of esters is 1. The molecule has 0 aliphatic carbocycles. The number of rotatable bonds is 11. The molecular weight excluding hydrogens is 664 g/mol. The topological polar surface area (TPSA) is 121 Å². The molecule has 0 spiro atoms. The lowest BCUT2D eigenvalue weighted by molar-refractivity contribution is -0.295. The maximum Gasteiger partial charge on any atom is 0.319 e. The van der Waals surface area contributed by atoms with Gasteiger partial charge in [-0.1, -0.05) is 41.5 Å². The van der Waals surface area contributed by atoms with Gasteiger partial charge in [0, 0.05) is 70.2 Å². The summed E-state index contributed by atoms with van der Waals surface area (Å²) in [7, 11) is 9.61. The van der Waals surface area contributed by atoms with Crippen LogP contribution in [0.1, 0.15) is 88.5 Å². The summed E-state index contributed by atoms with van der Waals surface area (Å²) >= 11 is 0. The molecule has 0 aromatic carbocycles. The molecule has 1 unspecified atom stereocenters. The Morgan fingerprint density at radius 3 is 2.25 bits per heavy atom. The van der Waals surface area contributed by atoms with Gasteiger partial charge in [-0.15, -0.1) is 0 Å². The molecule has 0 radical (unpaired) electrons. The Bertz CT molecular complexity index is 1210. The summed E-state index contributed by atoms with van der Waals surface area (Å²) in [6, 6.07) is -0.333. The van der Waals surface area contributed by atoms with Gasteiger partial charge in [0.1, 0.15) is 18.1 Å². The highest BCUT2D eigenvalue weighted by molar-refractivity contribution is 6.04. The molecule has 12 heteroatoms. The predicted molar refractivity (Wildman–Crippen MR) is 203 cm³/mol. The summed E-state index contributed by atoms with van der Waals surface area (Å²) in [5.74, 6) is -0.798. The highest BCUT2D eigenvalue weighted by Gasteiger charge is 2.52. The largest absolute Gasteiger partial charge is 0.463 e. The number of ketones is 1. The van der Waals surface area contributed by atoms with Crippen LogP contribution in [0.3, 0.4) is 0 Å². The average molecular weight is 739 g/mol. The molecule has 0 aromatic rings. The number of amides is 1. The van der Waals surface area contributed by atoms with Gasteiger partial charge in [0.15, 0.2) is 12.1 Å². The van der Waals surface area contributed by atoms with Crippen molar-refractivity contribution in [3.8, 4) is 0 Å². The van der Waals surface area contributed by atoms with E-state index in [2.05, 4.69) is 51.5 Å². The lowest BCUT2D eigenvalue weighted by Gasteiger charge is -2.48. The molecule has 1 amide bonds. The van der Waals surface area contributed by atoms with E-state index in [1.807, 2.05) is 44.8 Å². The van der Waals surface area contributed by atoms with Gasteiger partial charge in [-0.05, 0) is 86.0 Å². The predicted octanol–water partition coefficient (Wildman–Crippen LogP) is 3.78. The third kappa shape index (κ3) is 11.0. The van der Waals surface area contributed by atoms with Crippen LogP contribution in [0, 0.1) is 34.5 Å². The fraction of sp³-hybridized carbons (Fsp3) is 0.925. The Balaban J connectivity index is 1.83. The number of ether oxygens (including phenoxy) is 4. The van der Waals surface area contributed by atoms with E-state index in [9.17, 15) is 19.5 Å². The second kappa shape index (κ2) is 17.9. The van der Waals surface area contributed by atoms with E-state index in [-0.39, 0.29) is 53.7 Å². The maximum atomic E-state index is 14.3. The molecular formula is C40H74N4O8. The van der Waals surface area contributed by atoms with Crippen LogP contribution in [0.15, 0.2) is 0 Å². The monoisotopic (exact) mass is 739 g/mol. The van der Waals surface area contributed by atoms with Gasteiger partial charge in [0.05, 0.1) is 17.8 Å². The number of likely N-dealkylation sites (N-methyl/N-ethyl adjacent to an activating group) is 2. The summed E-state index contributed by atoms with van der Waals surface area (Å²) in [5.41, 5.74) is -2.59. The van der Waals surface area contributed by atoms with Gasteiger partial charge in [-0.25, -0.2) is 0 Å². The quantitative estimate of drug-likeness (QED) is 0.246. The van der Waals surface area contributed by atoms with Gasteiger partial charge < -0.3 is 38.8 Å². The van der Waals surface area contributed by atoms with Gasteiger partial charge in [-0.2, -0.15) is 0 Å². The highest BCUT2D eigenvalue weighted by atomic mass is 16.7. The Kier molecular flexibility index (Phi) is 15.4. The summed E-state index contributed by atoms with van der Waals surface area (Å²) in [5, 5.41) is 11.4. The number of carbonyl (C=O) groups is 3. The minimum absolute atomic E-state index is 0.0856. The van der Waals surface area contributed by atoms with Crippen LogP contribution in [-0.4, -0.2) is 159 Å². The number of cyclic esters (lactones) is 1. The van der Waals surface area contributed by atoms with E-state index in [4.69, 9.17) is 18.9 Å². The molecule has 0 aromatic heterocycles. The Hall–Kier alpha value is -1.67. The van der Waals surface area contributed by atoms with Crippen molar-refractivity contribution in [2.45, 2.75) is 131 Å². The van der Waals surface area contributed by atoms with Gasteiger partial charge in [0.2, 0.25) is 5.91 Å². The third-order valence-electron chi connectivity index (χ3n) is 11.7. The van der Waals surface area contributed by atoms with Crippen molar-refractivity contribution < 1.29 is 38.4 Å². The molecule has 3 aliphatic heterocycles.